The summed E-state index contributed by atoms with van der Waals surface area (Å²) in [6, 6.07) is 0. The lowest BCUT2D eigenvalue weighted by atomic mass is 9.80. The summed E-state index contributed by atoms with van der Waals surface area (Å²) in [5.74, 6) is 2.06. The lowest BCUT2D eigenvalue weighted by Gasteiger charge is -2.31. The third-order valence-corrected chi connectivity index (χ3v) is 5.65. The van der Waals surface area contributed by atoms with Crippen molar-refractivity contribution < 1.29 is 9.53 Å². The standard InChI is InChI=1S/C19H34O2/c1-3-5-15-7-11-17(12-8-15)19(20)21-18-13-9-16(6-4-2)10-14-18/h15-18H,3-14H2,1-2H3/t15-,16?,17-,18?. The SMILES string of the molecule is CCCC1CCC(OC(=O)[C@H]2CC[C@H](CCC)CC2)CC1. The first-order chi connectivity index (χ1) is 10.2. The number of hydrogen-bond acceptors (Lipinski definition) is 2. The van der Waals surface area contributed by atoms with E-state index in [1.165, 1.54) is 51.4 Å². The maximum atomic E-state index is 12.3. The van der Waals surface area contributed by atoms with Crippen molar-refractivity contribution >= 4 is 5.97 Å². The van der Waals surface area contributed by atoms with Crippen molar-refractivity contribution in [3.05, 3.63) is 0 Å². The molecule has 0 spiro atoms. The molecule has 2 aliphatic rings. The second kappa shape index (κ2) is 8.80. The molecule has 21 heavy (non-hydrogen) atoms. The van der Waals surface area contributed by atoms with E-state index in [0.29, 0.717) is 0 Å². The maximum absolute atomic E-state index is 12.3. The van der Waals surface area contributed by atoms with E-state index in [9.17, 15) is 4.79 Å². The summed E-state index contributed by atoms with van der Waals surface area (Å²) in [7, 11) is 0. The average molecular weight is 294 g/mol. The number of carbonyl (C=O) groups is 1. The highest BCUT2D eigenvalue weighted by Crippen LogP contribution is 2.34. The summed E-state index contributed by atoms with van der Waals surface area (Å²) in [5.41, 5.74) is 0. The van der Waals surface area contributed by atoms with Gasteiger partial charge in [0, 0.05) is 0 Å². The predicted molar refractivity (Wildman–Crippen MR) is 87.1 cm³/mol. The summed E-state index contributed by atoms with van der Waals surface area (Å²) in [6.45, 7) is 4.52. The zero-order valence-electron chi connectivity index (χ0n) is 14.1. The van der Waals surface area contributed by atoms with Gasteiger partial charge in [0.15, 0.2) is 0 Å². The number of carbonyl (C=O) groups excluding carboxylic acids is 1. The molecule has 0 aromatic heterocycles. The van der Waals surface area contributed by atoms with Crippen molar-refractivity contribution in [2.45, 2.75) is 97.0 Å². The van der Waals surface area contributed by atoms with Crippen molar-refractivity contribution in [2.75, 3.05) is 0 Å². The molecule has 0 heterocycles. The van der Waals surface area contributed by atoms with E-state index in [0.717, 1.165) is 37.5 Å². The molecule has 2 saturated carbocycles. The topological polar surface area (TPSA) is 26.3 Å². The highest BCUT2D eigenvalue weighted by atomic mass is 16.5. The first-order valence-electron chi connectivity index (χ1n) is 9.43. The van der Waals surface area contributed by atoms with Gasteiger partial charge in [-0.1, -0.05) is 39.5 Å². The Bertz CT molecular complexity index is 297. The van der Waals surface area contributed by atoms with Crippen molar-refractivity contribution in [1.82, 2.24) is 0 Å². The van der Waals surface area contributed by atoms with Crippen molar-refractivity contribution in [2.24, 2.45) is 17.8 Å². The number of ether oxygens (including phenoxy) is 1. The quantitative estimate of drug-likeness (QED) is 0.605. The lowest BCUT2D eigenvalue weighted by molar-refractivity contribution is -0.157. The van der Waals surface area contributed by atoms with Gasteiger partial charge in [-0.25, -0.2) is 0 Å². The molecule has 0 radical (unpaired) electrons. The Morgan fingerprint density at radius 3 is 1.76 bits per heavy atom. The van der Waals surface area contributed by atoms with Crippen LogP contribution in [-0.2, 0) is 9.53 Å². The molecule has 0 atom stereocenters. The fraction of sp³-hybridized carbons (Fsp3) is 0.947. The Kier molecular flexibility index (Phi) is 7.06. The van der Waals surface area contributed by atoms with E-state index in [4.69, 9.17) is 4.74 Å². The summed E-state index contributed by atoms with van der Waals surface area (Å²) >= 11 is 0. The Morgan fingerprint density at radius 2 is 1.29 bits per heavy atom. The molecule has 0 amide bonds. The Hall–Kier alpha value is -0.530. The van der Waals surface area contributed by atoms with Crippen molar-refractivity contribution in [1.29, 1.82) is 0 Å². The van der Waals surface area contributed by atoms with Crippen LogP contribution in [0.1, 0.15) is 90.9 Å². The van der Waals surface area contributed by atoms with Gasteiger partial charge in [0.25, 0.3) is 0 Å². The minimum atomic E-state index is 0.115. The minimum absolute atomic E-state index is 0.115. The van der Waals surface area contributed by atoms with Gasteiger partial charge in [-0.3, -0.25) is 4.79 Å². The Morgan fingerprint density at radius 1 is 0.810 bits per heavy atom. The second-order valence-corrected chi connectivity index (χ2v) is 7.37. The lowest BCUT2D eigenvalue weighted by Crippen LogP contribution is -2.30. The largest absolute Gasteiger partial charge is 0.462 e. The number of esters is 1. The summed E-state index contributed by atoms with van der Waals surface area (Å²) in [5, 5.41) is 0. The van der Waals surface area contributed by atoms with Gasteiger partial charge in [-0.15, -0.1) is 0 Å². The molecule has 2 nitrogen and oxygen atoms in total. The van der Waals surface area contributed by atoms with E-state index >= 15 is 0 Å². The normalized spacial score (nSPS) is 33.6. The molecule has 2 fully saturated rings. The van der Waals surface area contributed by atoms with Crippen LogP contribution in [0.25, 0.3) is 0 Å². The van der Waals surface area contributed by atoms with Gasteiger partial charge in [0.05, 0.1) is 5.92 Å². The van der Waals surface area contributed by atoms with Gasteiger partial charge in [-0.2, -0.15) is 0 Å². The molecule has 122 valence electrons. The van der Waals surface area contributed by atoms with Gasteiger partial charge >= 0.3 is 5.97 Å². The Labute approximate surface area is 131 Å². The highest BCUT2D eigenvalue weighted by molar-refractivity contribution is 5.72. The molecular formula is C19H34O2. The van der Waals surface area contributed by atoms with Crippen LogP contribution in [0.3, 0.4) is 0 Å². The van der Waals surface area contributed by atoms with E-state index in [-0.39, 0.29) is 18.0 Å². The molecule has 2 heteroatoms. The van der Waals surface area contributed by atoms with E-state index < -0.39 is 0 Å². The molecule has 0 aromatic rings. The van der Waals surface area contributed by atoms with Crippen LogP contribution in [0.5, 0.6) is 0 Å². The van der Waals surface area contributed by atoms with Crippen LogP contribution in [0.15, 0.2) is 0 Å². The molecule has 2 aliphatic carbocycles. The summed E-state index contributed by atoms with van der Waals surface area (Å²) in [4.78, 5) is 12.3. The number of rotatable bonds is 6. The first kappa shape index (κ1) is 16.8. The predicted octanol–water partition coefficient (Wildman–Crippen LogP) is 5.50. The molecular weight excluding hydrogens is 260 g/mol. The van der Waals surface area contributed by atoms with Crippen LogP contribution in [0, 0.1) is 17.8 Å². The van der Waals surface area contributed by atoms with Crippen LogP contribution in [-0.4, -0.2) is 12.1 Å². The second-order valence-electron chi connectivity index (χ2n) is 7.37. The minimum Gasteiger partial charge on any atom is -0.462 e. The molecule has 0 aromatic carbocycles. The zero-order chi connectivity index (χ0) is 15.1. The van der Waals surface area contributed by atoms with Crippen LogP contribution < -0.4 is 0 Å². The van der Waals surface area contributed by atoms with Crippen LogP contribution >= 0.6 is 0 Å². The molecule has 0 bridgehead atoms. The van der Waals surface area contributed by atoms with Crippen LogP contribution in [0.2, 0.25) is 0 Å². The van der Waals surface area contributed by atoms with E-state index in [2.05, 4.69) is 13.8 Å². The first-order valence-corrected chi connectivity index (χ1v) is 9.43. The molecule has 0 N–H and O–H groups in total. The third kappa shape index (κ3) is 5.30. The van der Waals surface area contributed by atoms with Crippen molar-refractivity contribution in [3.8, 4) is 0 Å². The monoisotopic (exact) mass is 294 g/mol. The van der Waals surface area contributed by atoms with E-state index in [1.54, 1.807) is 0 Å². The smallest absolute Gasteiger partial charge is 0.309 e. The van der Waals surface area contributed by atoms with Gasteiger partial charge in [-0.05, 0) is 63.2 Å². The Balaban J connectivity index is 1.66. The molecule has 0 unspecified atom stereocenters. The summed E-state index contributed by atoms with van der Waals surface area (Å²) < 4.78 is 5.81. The molecule has 0 aliphatic heterocycles. The van der Waals surface area contributed by atoms with Gasteiger partial charge in [0.2, 0.25) is 0 Å². The summed E-state index contributed by atoms with van der Waals surface area (Å²) in [6.07, 6.45) is 14.8. The highest BCUT2D eigenvalue weighted by Gasteiger charge is 2.30. The van der Waals surface area contributed by atoms with E-state index in [1.807, 2.05) is 0 Å². The third-order valence-electron chi connectivity index (χ3n) is 5.65. The van der Waals surface area contributed by atoms with Crippen molar-refractivity contribution in [3.63, 3.8) is 0 Å². The number of hydrogen-bond donors (Lipinski definition) is 0. The molecule has 0 saturated heterocycles. The average Bonchev–Trinajstić information content (AvgIpc) is 2.50. The van der Waals surface area contributed by atoms with Crippen LogP contribution in [0.4, 0.5) is 0 Å². The van der Waals surface area contributed by atoms with Gasteiger partial charge < -0.3 is 4.74 Å². The fourth-order valence-electron chi connectivity index (χ4n) is 4.30. The zero-order valence-corrected chi connectivity index (χ0v) is 14.1. The maximum Gasteiger partial charge on any atom is 0.309 e. The molecule has 2 rings (SSSR count). The van der Waals surface area contributed by atoms with Gasteiger partial charge in [0.1, 0.15) is 6.10 Å². The fourth-order valence-corrected chi connectivity index (χ4v) is 4.30.